The number of benzene rings is 2. The van der Waals surface area contributed by atoms with E-state index in [-0.39, 0.29) is 22.7 Å². The molecule has 0 amide bonds. The molecule has 15 nitrogen and oxygen atoms in total. The van der Waals surface area contributed by atoms with Gasteiger partial charge >= 0.3 is 0 Å². The lowest BCUT2D eigenvalue weighted by Gasteiger charge is -2.45. The van der Waals surface area contributed by atoms with Crippen molar-refractivity contribution in [1.29, 1.82) is 0 Å². The van der Waals surface area contributed by atoms with Gasteiger partial charge in [0.1, 0.15) is 64.8 Å². The van der Waals surface area contributed by atoms with Crippen molar-refractivity contribution in [3.63, 3.8) is 0 Å². The van der Waals surface area contributed by atoms with Gasteiger partial charge in [-0.15, -0.1) is 0 Å². The highest BCUT2D eigenvalue weighted by atomic mass is 16.8. The predicted molar refractivity (Wildman–Crippen MR) is 139 cm³/mol. The number of fused-ring (bicyclic) bond motifs is 1. The fourth-order valence-electron chi connectivity index (χ4n) is 4.87. The molecule has 10 atom stereocenters. The maximum Gasteiger partial charge on any atom is 0.239 e. The van der Waals surface area contributed by atoms with Gasteiger partial charge in [-0.3, -0.25) is 4.79 Å². The van der Waals surface area contributed by atoms with Crippen LogP contribution < -0.4 is 10.2 Å². The van der Waals surface area contributed by atoms with Gasteiger partial charge < -0.3 is 69.3 Å². The summed E-state index contributed by atoms with van der Waals surface area (Å²) >= 11 is 0. The summed E-state index contributed by atoms with van der Waals surface area (Å²) in [7, 11) is 0. The van der Waals surface area contributed by atoms with E-state index in [0.29, 0.717) is 0 Å². The van der Waals surface area contributed by atoms with E-state index in [1.54, 1.807) is 0 Å². The molecule has 2 saturated heterocycles. The van der Waals surface area contributed by atoms with Gasteiger partial charge in [0.25, 0.3) is 0 Å². The average Bonchev–Trinajstić information content (AvgIpc) is 2.95. The Bertz CT molecular complexity index is 1470. The molecule has 0 radical (unpaired) electrons. The number of phenolic OH excluding ortho intramolecular Hbond substituents is 3. The van der Waals surface area contributed by atoms with Crippen LogP contribution in [0.3, 0.4) is 0 Å². The standard InChI is InChI=1S/C27H30O15/c1-9-17(32)20(35)22(37)26(38-9)42-25-21(36)18(33)15(8-28)40-27(25)41-24-19(34)16-13(31)6-12(30)7-14(16)39-23(24)10-2-4-11(29)5-3-10/h2-7,9,15,17-18,20-22,25-33,35-37H,8H2,1H3/t9-,15+,17+,18-,20-,21-,22-,25+,26+,27-/m1/s1. The number of aliphatic hydroxyl groups excluding tert-OH is 6. The van der Waals surface area contributed by atoms with Crippen LogP contribution in [0.4, 0.5) is 0 Å². The second kappa shape index (κ2) is 11.6. The summed E-state index contributed by atoms with van der Waals surface area (Å²) in [6.07, 6.45) is -16.3. The molecule has 2 aromatic carbocycles. The molecular weight excluding hydrogens is 564 g/mol. The van der Waals surface area contributed by atoms with Crippen molar-refractivity contribution in [2.45, 2.75) is 68.3 Å². The Balaban J connectivity index is 1.60. The van der Waals surface area contributed by atoms with Gasteiger partial charge in [-0.25, -0.2) is 0 Å². The van der Waals surface area contributed by atoms with Crippen molar-refractivity contribution in [2.75, 3.05) is 6.61 Å². The third-order valence-corrected chi connectivity index (χ3v) is 7.21. The average molecular weight is 595 g/mol. The Morgan fingerprint density at radius 1 is 0.810 bits per heavy atom. The van der Waals surface area contributed by atoms with Crippen LogP contribution >= 0.6 is 0 Å². The SMILES string of the molecule is C[C@H]1O[C@@H](O[C@@H]2[C@@H](Oc3c(-c4ccc(O)cc4)oc4cc(O)cc(O)c4c3=O)O[C@@H](CO)[C@@H](O)[C@H]2O)[C@H](O)[C@H](O)[C@H]1O. The fourth-order valence-corrected chi connectivity index (χ4v) is 4.87. The van der Waals surface area contributed by atoms with E-state index in [9.17, 15) is 50.8 Å². The first-order chi connectivity index (χ1) is 19.9. The van der Waals surface area contributed by atoms with Crippen molar-refractivity contribution >= 4 is 11.0 Å². The predicted octanol–water partition coefficient (Wildman–Crippen LogP) is -1.39. The lowest BCUT2D eigenvalue weighted by molar-refractivity contribution is -0.354. The molecule has 2 aliphatic heterocycles. The Hall–Kier alpha value is -3.51. The molecule has 5 rings (SSSR count). The van der Waals surface area contributed by atoms with Gasteiger partial charge in [-0.05, 0) is 31.2 Å². The maximum absolute atomic E-state index is 13.7. The third-order valence-electron chi connectivity index (χ3n) is 7.21. The van der Waals surface area contributed by atoms with E-state index < -0.39 is 96.1 Å². The smallest absolute Gasteiger partial charge is 0.239 e. The Morgan fingerprint density at radius 3 is 2.17 bits per heavy atom. The zero-order chi connectivity index (χ0) is 30.5. The molecule has 2 aliphatic rings. The van der Waals surface area contributed by atoms with Gasteiger partial charge in [-0.2, -0.15) is 0 Å². The number of phenols is 3. The molecular formula is C27H30O15. The molecule has 0 saturated carbocycles. The Labute approximate surface area is 236 Å². The highest BCUT2D eigenvalue weighted by Crippen LogP contribution is 2.38. The maximum atomic E-state index is 13.7. The summed E-state index contributed by atoms with van der Waals surface area (Å²) in [6, 6.07) is 7.31. The molecule has 228 valence electrons. The molecule has 42 heavy (non-hydrogen) atoms. The molecule has 3 heterocycles. The van der Waals surface area contributed by atoms with E-state index in [2.05, 4.69) is 0 Å². The quantitative estimate of drug-likeness (QED) is 0.159. The zero-order valence-electron chi connectivity index (χ0n) is 21.9. The van der Waals surface area contributed by atoms with Crippen LogP contribution in [0.1, 0.15) is 6.92 Å². The fraction of sp³-hybridized carbons (Fsp3) is 0.444. The minimum Gasteiger partial charge on any atom is -0.508 e. The van der Waals surface area contributed by atoms with Gasteiger partial charge in [-0.1, -0.05) is 0 Å². The molecule has 2 fully saturated rings. The molecule has 15 heteroatoms. The van der Waals surface area contributed by atoms with Crippen molar-refractivity contribution < 1.29 is 69.3 Å². The first-order valence-corrected chi connectivity index (χ1v) is 12.9. The highest BCUT2D eigenvalue weighted by Gasteiger charge is 2.51. The summed E-state index contributed by atoms with van der Waals surface area (Å²) in [6.45, 7) is 0.593. The number of hydrogen-bond donors (Lipinski definition) is 9. The van der Waals surface area contributed by atoms with E-state index in [4.69, 9.17) is 23.4 Å². The Morgan fingerprint density at radius 2 is 1.50 bits per heavy atom. The molecule has 3 aromatic rings. The number of ether oxygens (including phenoxy) is 4. The second-order valence-electron chi connectivity index (χ2n) is 10.1. The number of hydrogen-bond acceptors (Lipinski definition) is 15. The van der Waals surface area contributed by atoms with Crippen LogP contribution in [0.2, 0.25) is 0 Å². The van der Waals surface area contributed by atoms with E-state index >= 15 is 0 Å². The molecule has 0 bridgehead atoms. The summed E-state index contributed by atoms with van der Waals surface area (Å²) in [4.78, 5) is 13.7. The van der Waals surface area contributed by atoms with Crippen LogP contribution in [-0.2, 0) is 14.2 Å². The van der Waals surface area contributed by atoms with Gasteiger partial charge in [0.15, 0.2) is 18.2 Å². The second-order valence-corrected chi connectivity index (χ2v) is 10.1. The number of rotatable bonds is 6. The van der Waals surface area contributed by atoms with E-state index in [1.807, 2.05) is 0 Å². The lowest BCUT2D eigenvalue weighted by Crippen LogP contribution is -2.64. The minimum absolute atomic E-state index is 0.112. The van der Waals surface area contributed by atoms with Gasteiger partial charge in [0.05, 0.1) is 12.7 Å². The highest BCUT2D eigenvalue weighted by molar-refractivity contribution is 5.88. The zero-order valence-corrected chi connectivity index (χ0v) is 21.9. The normalized spacial score (nSPS) is 33.5. The summed E-state index contributed by atoms with van der Waals surface area (Å²) in [5, 5.41) is 91.6. The van der Waals surface area contributed by atoms with Crippen LogP contribution in [-0.4, -0.2) is 114 Å². The minimum atomic E-state index is -1.87. The van der Waals surface area contributed by atoms with E-state index in [0.717, 1.165) is 12.1 Å². The topological polar surface area (TPSA) is 249 Å². The van der Waals surface area contributed by atoms with Crippen LogP contribution in [0.25, 0.3) is 22.3 Å². The first kappa shape index (κ1) is 30.0. The van der Waals surface area contributed by atoms with Gasteiger partial charge in [0, 0.05) is 17.7 Å². The van der Waals surface area contributed by atoms with Crippen molar-refractivity contribution in [3.05, 3.63) is 46.6 Å². The van der Waals surface area contributed by atoms with Gasteiger partial charge in [0.2, 0.25) is 17.5 Å². The van der Waals surface area contributed by atoms with E-state index in [1.165, 1.54) is 31.2 Å². The largest absolute Gasteiger partial charge is 0.508 e. The van der Waals surface area contributed by atoms with Crippen LogP contribution in [0, 0.1) is 0 Å². The summed E-state index contributed by atoms with van der Waals surface area (Å²) < 4.78 is 28.5. The summed E-state index contributed by atoms with van der Waals surface area (Å²) in [5.41, 5.74) is -0.995. The molecule has 0 unspecified atom stereocenters. The van der Waals surface area contributed by atoms with Crippen molar-refractivity contribution in [3.8, 4) is 34.3 Å². The molecule has 0 aliphatic carbocycles. The number of aliphatic hydroxyl groups is 6. The van der Waals surface area contributed by atoms with Crippen LogP contribution in [0.5, 0.6) is 23.0 Å². The monoisotopic (exact) mass is 594 g/mol. The first-order valence-electron chi connectivity index (χ1n) is 12.9. The van der Waals surface area contributed by atoms with Crippen LogP contribution in [0.15, 0.2) is 45.6 Å². The third kappa shape index (κ3) is 5.37. The number of aromatic hydroxyl groups is 3. The molecule has 0 spiro atoms. The molecule has 9 N–H and O–H groups in total. The lowest BCUT2D eigenvalue weighted by atomic mass is 9.97. The molecule has 1 aromatic heterocycles. The van der Waals surface area contributed by atoms with Crippen molar-refractivity contribution in [2.24, 2.45) is 0 Å². The Kier molecular flexibility index (Phi) is 8.30. The summed E-state index contributed by atoms with van der Waals surface area (Å²) in [5.74, 6) is -2.03. The van der Waals surface area contributed by atoms with Crippen molar-refractivity contribution in [1.82, 2.24) is 0 Å².